The average Bonchev–Trinajstić information content (AvgIpc) is 2.66. The first-order chi connectivity index (χ1) is 9.24. The van der Waals surface area contributed by atoms with Crippen LogP contribution in [-0.2, 0) is 12.8 Å². The van der Waals surface area contributed by atoms with Gasteiger partial charge >= 0.3 is 0 Å². The third kappa shape index (κ3) is 2.48. The first kappa shape index (κ1) is 12.2. The lowest BCUT2D eigenvalue weighted by atomic mass is 10.0. The average molecular weight is 260 g/mol. The van der Waals surface area contributed by atoms with E-state index in [9.17, 15) is 8.78 Å². The molecule has 1 aliphatic carbocycles. The number of aryl methyl sites for hydroxylation is 2. The van der Waals surface area contributed by atoms with Gasteiger partial charge < -0.3 is 0 Å². The number of hydrogen-bond acceptors (Lipinski definition) is 2. The van der Waals surface area contributed by atoms with E-state index < -0.39 is 11.6 Å². The monoisotopic (exact) mass is 260 g/mol. The Morgan fingerprint density at radius 3 is 2.63 bits per heavy atom. The highest BCUT2D eigenvalue weighted by atomic mass is 19.1. The van der Waals surface area contributed by atoms with Gasteiger partial charge in [0, 0.05) is 5.56 Å². The van der Waals surface area contributed by atoms with Gasteiger partial charge in [-0.05, 0) is 55.5 Å². The van der Waals surface area contributed by atoms with Crippen LogP contribution in [0.5, 0.6) is 0 Å². The molecule has 2 nitrogen and oxygen atoms in total. The first-order valence-corrected chi connectivity index (χ1v) is 6.55. The summed E-state index contributed by atoms with van der Waals surface area (Å²) in [6.45, 7) is 0. The van der Waals surface area contributed by atoms with Crippen molar-refractivity contribution in [3.05, 3.63) is 47.2 Å². The molecule has 1 heterocycles. The van der Waals surface area contributed by atoms with E-state index in [4.69, 9.17) is 0 Å². The summed E-state index contributed by atoms with van der Waals surface area (Å²) >= 11 is 0. The van der Waals surface area contributed by atoms with Gasteiger partial charge in [0.1, 0.15) is 11.6 Å². The summed E-state index contributed by atoms with van der Waals surface area (Å²) in [7, 11) is 0. The topological polar surface area (TPSA) is 25.8 Å². The predicted octanol–water partition coefficient (Wildman–Crippen LogP) is 3.69. The highest BCUT2D eigenvalue weighted by Crippen LogP contribution is 2.25. The Balaban J connectivity index is 2.06. The minimum absolute atomic E-state index is 0.180. The molecule has 1 aromatic heterocycles. The molecule has 0 bridgehead atoms. The fourth-order valence-electron chi connectivity index (χ4n) is 2.49. The molecular weight excluding hydrogens is 246 g/mol. The maximum absolute atomic E-state index is 13.7. The van der Waals surface area contributed by atoms with Crippen molar-refractivity contribution < 1.29 is 8.78 Å². The predicted molar refractivity (Wildman–Crippen MR) is 68.6 cm³/mol. The zero-order valence-electron chi connectivity index (χ0n) is 10.5. The van der Waals surface area contributed by atoms with Crippen LogP contribution in [0.1, 0.15) is 30.5 Å². The molecule has 0 saturated carbocycles. The Hall–Kier alpha value is -1.84. The van der Waals surface area contributed by atoms with Crippen LogP contribution in [0.3, 0.4) is 0 Å². The molecule has 0 radical (unpaired) electrons. The molecule has 0 amide bonds. The number of fused-ring (bicyclic) bond motifs is 1. The number of benzene rings is 1. The Labute approximate surface area is 110 Å². The van der Waals surface area contributed by atoms with Crippen LogP contribution in [0.4, 0.5) is 8.78 Å². The summed E-state index contributed by atoms with van der Waals surface area (Å²) in [6, 6.07) is 5.25. The van der Waals surface area contributed by atoms with Gasteiger partial charge in [0.2, 0.25) is 0 Å². The first-order valence-electron chi connectivity index (χ1n) is 6.55. The molecule has 0 fully saturated rings. The maximum Gasteiger partial charge on any atom is 0.132 e. The normalized spacial score (nSPS) is 14.8. The van der Waals surface area contributed by atoms with Crippen LogP contribution in [0.15, 0.2) is 24.3 Å². The van der Waals surface area contributed by atoms with Crippen molar-refractivity contribution >= 4 is 0 Å². The second-order valence-corrected chi connectivity index (χ2v) is 4.89. The van der Waals surface area contributed by atoms with Crippen molar-refractivity contribution in [1.82, 2.24) is 10.2 Å². The fraction of sp³-hybridized carbons (Fsp3) is 0.333. The van der Waals surface area contributed by atoms with E-state index in [1.165, 1.54) is 12.5 Å². The van der Waals surface area contributed by atoms with Gasteiger partial charge in [-0.1, -0.05) is 6.42 Å². The summed E-state index contributed by atoms with van der Waals surface area (Å²) < 4.78 is 27.0. The van der Waals surface area contributed by atoms with Crippen molar-refractivity contribution in [2.75, 3.05) is 0 Å². The number of aromatic nitrogens is 2. The van der Waals surface area contributed by atoms with Gasteiger partial charge in [-0.15, -0.1) is 0 Å². The number of nitrogens with zero attached hydrogens (tertiary/aromatic N) is 2. The Bertz CT molecular complexity index is 611. The summed E-state index contributed by atoms with van der Waals surface area (Å²) in [5.41, 5.74) is 2.71. The minimum Gasteiger partial charge on any atom is -0.207 e. The Morgan fingerprint density at radius 2 is 1.74 bits per heavy atom. The van der Waals surface area contributed by atoms with Gasteiger partial charge in [0.05, 0.1) is 11.4 Å². The summed E-state index contributed by atoms with van der Waals surface area (Å²) in [5.74, 6) is -0.933. The molecule has 0 aliphatic heterocycles. The van der Waals surface area contributed by atoms with Crippen molar-refractivity contribution in [1.29, 1.82) is 0 Å². The van der Waals surface area contributed by atoms with E-state index >= 15 is 0 Å². The molecule has 98 valence electrons. The highest BCUT2D eigenvalue weighted by Gasteiger charge is 2.14. The Kier molecular flexibility index (Phi) is 3.23. The van der Waals surface area contributed by atoms with Crippen LogP contribution in [0.25, 0.3) is 11.3 Å². The third-order valence-electron chi connectivity index (χ3n) is 3.52. The van der Waals surface area contributed by atoms with Crippen molar-refractivity contribution in [2.45, 2.75) is 32.1 Å². The fourth-order valence-corrected chi connectivity index (χ4v) is 2.49. The van der Waals surface area contributed by atoms with Crippen LogP contribution in [0, 0.1) is 11.6 Å². The van der Waals surface area contributed by atoms with Gasteiger partial charge in [-0.25, -0.2) is 8.78 Å². The highest BCUT2D eigenvalue weighted by molar-refractivity contribution is 5.60. The number of rotatable bonds is 1. The van der Waals surface area contributed by atoms with Crippen molar-refractivity contribution in [3.63, 3.8) is 0 Å². The summed E-state index contributed by atoms with van der Waals surface area (Å²) in [4.78, 5) is 0. The molecule has 2 aromatic rings. The van der Waals surface area contributed by atoms with Crippen molar-refractivity contribution in [2.24, 2.45) is 0 Å². The molecule has 4 heteroatoms. The standard InChI is InChI=1S/C15H14F2N2/c16-11-6-7-13(17)12(9-11)15-8-10-4-2-1-3-5-14(10)18-19-15/h6-9H,1-5H2. The maximum atomic E-state index is 13.7. The minimum atomic E-state index is -0.468. The van der Waals surface area contributed by atoms with E-state index in [2.05, 4.69) is 10.2 Å². The molecule has 1 aromatic carbocycles. The van der Waals surface area contributed by atoms with Gasteiger partial charge in [-0.2, -0.15) is 10.2 Å². The van der Waals surface area contributed by atoms with Crippen LogP contribution < -0.4 is 0 Å². The largest absolute Gasteiger partial charge is 0.207 e. The second-order valence-electron chi connectivity index (χ2n) is 4.89. The van der Waals surface area contributed by atoms with E-state index in [0.717, 1.165) is 49.1 Å². The lowest BCUT2D eigenvalue weighted by molar-refractivity contribution is 0.602. The smallest absolute Gasteiger partial charge is 0.132 e. The molecule has 19 heavy (non-hydrogen) atoms. The quantitative estimate of drug-likeness (QED) is 0.731. The molecule has 0 unspecified atom stereocenters. The molecular formula is C15H14F2N2. The van der Waals surface area contributed by atoms with Gasteiger partial charge in [0.25, 0.3) is 0 Å². The SMILES string of the molecule is Fc1ccc(F)c(-c2cc3c(nn2)CCCCC3)c1. The van der Waals surface area contributed by atoms with Crippen LogP contribution in [-0.4, -0.2) is 10.2 Å². The molecule has 0 atom stereocenters. The number of hydrogen-bond donors (Lipinski definition) is 0. The molecule has 3 rings (SSSR count). The van der Waals surface area contributed by atoms with E-state index in [-0.39, 0.29) is 5.56 Å². The van der Waals surface area contributed by atoms with Crippen LogP contribution >= 0.6 is 0 Å². The van der Waals surface area contributed by atoms with Gasteiger partial charge in [-0.3, -0.25) is 0 Å². The van der Waals surface area contributed by atoms with Crippen molar-refractivity contribution in [3.8, 4) is 11.3 Å². The zero-order valence-corrected chi connectivity index (χ0v) is 10.5. The molecule has 1 aliphatic rings. The molecule has 0 spiro atoms. The summed E-state index contributed by atoms with van der Waals surface area (Å²) in [6.07, 6.45) is 5.28. The lowest BCUT2D eigenvalue weighted by Gasteiger charge is -2.07. The lowest BCUT2D eigenvalue weighted by Crippen LogP contribution is -2.01. The van der Waals surface area contributed by atoms with Crippen LogP contribution in [0.2, 0.25) is 0 Å². The number of halogens is 2. The van der Waals surface area contributed by atoms with E-state index in [1.807, 2.05) is 6.07 Å². The Morgan fingerprint density at radius 1 is 0.895 bits per heavy atom. The van der Waals surface area contributed by atoms with Gasteiger partial charge in [0.15, 0.2) is 0 Å². The second kappa shape index (κ2) is 5.03. The van der Waals surface area contributed by atoms with E-state index in [0.29, 0.717) is 5.69 Å². The molecule has 0 N–H and O–H groups in total. The summed E-state index contributed by atoms with van der Waals surface area (Å²) in [5, 5.41) is 8.24. The van der Waals surface area contributed by atoms with E-state index in [1.54, 1.807) is 0 Å². The molecule has 0 saturated heterocycles. The third-order valence-corrected chi connectivity index (χ3v) is 3.52. The zero-order chi connectivity index (χ0) is 13.2.